The van der Waals surface area contributed by atoms with Gasteiger partial charge in [-0.05, 0) is 38.6 Å². The molecule has 0 fully saturated rings. The van der Waals surface area contributed by atoms with Crippen LogP contribution in [-0.2, 0) is 4.79 Å². The summed E-state index contributed by atoms with van der Waals surface area (Å²) in [4.78, 5) is 11.6. The van der Waals surface area contributed by atoms with E-state index >= 15 is 0 Å². The zero-order chi connectivity index (χ0) is 14.8. The van der Waals surface area contributed by atoms with Crippen molar-refractivity contribution in [3.8, 4) is 5.75 Å². The SMILES string of the molecule is CCC(CNC(=O)CCCNC)Oc1ccccc1F.Cl. The Kier molecular flexibility index (Phi) is 10.6. The highest BCUT2D eigenvalue weighted by Crippen LogP contribution is 2.17. The van der Waals surface area contributed by atoms with Gasteiger partial charge in [0.15, 0.2) is 11.6 Å². The summed E-state index contributed by atoms with van der Waals surface area (Å²) in [7, 11) is 1.85. The molecule has 1 aromatic carbocycles. The standard InChI is InChI=1S/C15H23FN2O2.ClH/c1-3-12(11-18-15(19)9-6-10-17-2)20-14-8-5-4-7-13(14)16;/h4-5,7-8,12,17H,3,6,9-11H2,1-2H3,(H,18,19);1H. The Morgan fingerprint density at radius 1 is 1.38 bits per heavy atom. The van der Waals surface area contributed by atoms with Crippen molar-refractivity contribution in [3.63, 3.8) is 0 Å². The maximum Gasteiger partial charge on any atom is 0.220 e. The molecule has 0 saturated carbocycles. The van der Waals surface area contributed by atoms with Gasteiger partial charge in [-0.2, -0.15) is 0 Å². The maximum absolute atomic E-state index is 13.5. The lowest BCUT2D eigenvalue weighted by Gasteiger charge is -2.18. The summed E-state index contributed by atoms with van der Waals surface area (Å²) < 4.78 is 19.0. The molecule has 0 heterocycles. The fourth-order valence-corrected chi connectivity index (χ4v) is 1.73. The molecule has 0 aliphatic carbocycles. The van der Waals surface area contributed by atoms with Crippen LogP contribution in [-0.4, -0.2) is 32.1 Å². The summed E-state index contributed by atoms with van der Waals surface area (Å²) >= 11 is 0. The van der Waals surface area contributed by atoms with Gasteiger partial charge in [0.25, 0.3) is 0 Å². The van der Waals surface area contributed by atoms with Crippen molar-refractivity contribution in [2.45, 2.75) is 32.3 Å². The van der Waals surface area contributed by atoms with Crippen molar-refractivity contribution < 1.29 is 13.9 Å². The summed E-state index contributed by atoms with van der Waals surface area (Å²) in [6.45, 7) is 3.15. The summed E-state index contributed by atoms with van der Waals surface area (Å²) in [6.07, 6.45) is 1.76. The second-order valence-corrected chi connectivity index (χ2v) is 4.59. The van der Waals surface area contributed by atoms with E-state index in [1.165, 1.54) is 6.07 Å². The first kappa shape index (κ1) is 19.7. The Balaban J connectivity index is 0.00000400. The zero-order valence-corrected chi connectivity index (χ0v) is 13.3. The van der Waals surface area contributed by atoms with Gasteiger partial charge in [-0.25, -0.2) is 4.39 Å². The molecule has 21 heavy (non-hydrogen) atoms. The lowest BCUT2D eigenvalue weighted by atomic mass is 10.2. The predicted octanol–water partition coefficient (Wildman–Crippen LogP) is 2.52. The van der Waals surface area contributed by atoms with Gasteiger partial charge in [0.2, 0.25) is 5.91 Å². The number of hydrogen-bond donors (Lipinski definition) is 2. The molecule has 2 N–H and O–H groups in total. The van der Waals surface area contributed by atoms with Crippen molar-refractivity contribution in [2.75, 3.05) is 20.1 Å². The first-order chi connectivity index (χ1) is 9.67. The highest BCUT2D eigenvalue weighted by Gasteiger charge is 2.12. The average Bonchev–Trinajstić information content (AvgIpc) is 2.45. The largest absolute Gasteiger partial charge is 0.486 e. The number of amides is 1. The minimum Gasteiger partial charge on any atom is -0.486 e. The summed E-state index contributed by atoms with van der Waals surface area (Å²) in [5.74, 6) is -0.161. The van der Waals surface area contributed by atoms with Crippen LogP contribution in [0.15, 0.2) is 24.3 Å². The normalized spacial score (nSPS) is 11.4. The Hall–Kier alpha value is -1.33. The molecule has 0 aromatic heterocycles. The van der Waals surface area contributed by atoms with Crippen LogP contribution in [0.2, 0.25) is 0 Å². The third-order valence-electron chi connectivity index (χ3n) is 2.94. The van der Waals surface area contributed by atoms with Crippen molar-refractivity contribution in [1.29, 1.82) is 0 Å². The number of nitrogens with one attached hydrogen (secondary N) is 2. The van der Waals surface area contributed by atoms with Gasteiger partial charge in [0, 0.05) is 6.42 Å². The van der Waals surface area contributed by atoms with E-state index in [4.69, 9.17) is 4.74 Å². The molecule has 0 aliphatic rings. The molecule has 1 atom stereocenters. The van der Waals surface area contributed by atoms with Crippen LogP contribution < -0.4 is 15.4 Å². The van der Waals surface area contributed by atoms with Gasteiger partial charge in [-0.15, -0.1) is 12.4 Å². The fraction of sp³-hybridized carbons (Fsp3) is 0.533. The minimum absolute atomic E-state index is 0. The first-order valence-electron chi connectivity index (χ1n) is 6.99. The minimum atomic E-state index is -0.383. The van der Waals surface area contributed by atoms with Crippen LogP contribution >= 0.6 is 12.4 Å². The summed E-state index contributed by atoms with van der Waals surface area (Å²) in [6, 6.07) is 6.29. The van der Waals surface area contributed by atoms with Crippen molar-refractivity contribution in [1.82, 2.24) is 10.6 Å². The molecule has 0 spiro atoms. The summed E-state index contributed by atoms with van der Waals surface area (Å²) in [5.41, 5.74) is 0. The first-order valence-corrected chi connectivity index (χ1v) is 6.99. The Morgan fingerprint density at radius 3 is 2.71 bits per heavy atom. The maximum atomic E-state index is 13.5. The van der Waals surface area contributed by atoms with Gasteiger partial charge in [0.1, 0.15) is 6.10 Å². The Morgan fingerprint density at radius 2 is 2.10 bits per heavy atom. The van der Waals surface area contributed by atoms with Gasteiger partial charge < -0.3 is 15.4 Å². The molecule has 120 valence electrons. The molecule has 1 aromatic rings. The van der Waals surface area contributed by atoms with E-state index in [9.17, 15) is 9.18 Å². The van der Waals surface area contributed by atoms with Crippen molar-refractivity contribution >= 4 is 18.3 Å². The molecule has 6 heteroatoms. The second-order valence-electron chi connectivity index (χ2n) is 4.59. The van der Waals surface area contributed by atoms with E-state index in [1.807, 2.05) is 14.0 Å². The molecular weight excluding hydrogens is 295 g/mol. The number of benzene rings is 1. The third kappa shape index (κ3) is 7.87. The van der Waals surface area contributed by atoms with E-state index in [1.54, 1.807) is 18.2 Å². The second kappa shape index (κ2) is 11.3. The van der Waals surface area contributed by atoms with E-state index < -0.39 is 0 Å². The fourth-order valence-electron chi connectivity index (χ4n) is 1.73. The van der Waals surface area contributed by atoms with Crippen LogP contribution in [0.3, 0.4) is 0 Å². The van der Waals surface area contributed by atoms with Crippen molar-refractivity contribution in [3.05, 3.63) is 30.1 Å². The highest BCUT2D eigenvalue weighted by atomic mass is 35.5. The molecule has 0 saturated heterocycles. The average molecular weight is 319 g/mol. The number of para-hydroxylation sites is 1. The van der Waals surface area contributed by atoms with Crippen LogP contribution in [0.5, 0.6) is 5.75 Å². The smallest absolute Gasteiger partial charge is 0.220 e. The van der Waals surface area contributed by atoms with E-state index in [0.717, 1.165) is 13.0 Å². The third-order valence-corrected chi connectivity index (χ3v) is 2.94. The molecular formula is C15H24ClFN2O2. The molecule has 4 nitrogen and oxygen atoms in total. The Bertz CT molecular complexity index is 418. The number of carbonyl (C=O) groups excluding carboxylic acids is 1. The van der Waals surface area contributed by atoms with E-state index in [2.05, 4.69) is 10.6 Å². The molecule has 0 radical (unpaired) electrons. The van der Waals surface area contributed by atoms with E-state index in [0.29, 0.717) is 19.4 Å². The van der Waals surface area contributed by atoms with Crippen molar-refractivity contribution in [2.24, 2.45) is 0 Å². The molecule has 0 aliphatic heterocycles. The van der Waals surface area contributed by atoms with Gasteiger partial charge >= 0.3 is 0 Å². The molecule has 0 bridgehead atoms. The van der Waals surface area contributed by atoms with Gasteiger partial charge in [0.05, 0.1) is 6.54 Å². The highest BCUT2D eigenvalue weighted by molar-refractivity contribution is 5.85. The topological polar surface area (TPSA) is 50.4 Å². The molecule has 1 amide bonds. The Labute approximate surface area is 131 Å². The van der Waals surface area contributed by atoms with Gasteiger partial charge in [-0.1, -0.05) is 19.1 Å². The zero-order valence-electron chi connectivity index (χ0n) is 12.5. The van der Waals surface area contributed by atoms with E-state index in [-0.39, 0.29) is 36.0 Å². The number of halogens is 2. The lowest BCUT2D eigenvalue weighted by Crippen LogP contribution is -2.35. The quantitative estimate of drug-likeness (QED) is 0.688. The number of hydrogen-bond acceptors (Lipinski definition) is 3. The van der Waals surface area contributed by atoms with Crippen LogP contribution in [0, 0.1) is 5.82 Å². The molecule has 1 unspecified atom stereocenters. The van der Waals surface area contributed by atoms with Gasteiger partial charge in [-0.3, -0.25) is 4.79 Å². The number of carbonyl (C=O) groups is 1. The predicted molar refractivity (Wildman–Crippen MR) is 84.5 cm³/mol. The van der Waals surface area contributed by atoms with Crippen LogP contribution in [0.4, 0.5) is 4.39 Å². The monoisotopic (exact) mass is 318 g/mol. The summed E-state index contributed by atoms with van der Waals surface area (Å²) in [5, 5.41) is 5.81. The number of rotatable bonds is 9. The number of ether oxygens (including phenoxy) is 1. The van der Waals surface area contributed by atoms with Crippen LogP contribution in [0.1, 0.15) is 26.2 Å². The van der Waals surface area contributed by atoms with Crippen LogP contribution in [0.25, 0.3) is 0 Å². The molecule has 1 rings (SSSR count). The lowest BCUT2D eigenvalue weighted by molar-refractivity contribution is -0.121.